The first-order valence-electron chi connectivity index (χ1n) is 6.40. The molecule has 0 fully saturated rings. The lowest BCUT2D eigenvalue weighted by molar-refractivity contribution is 0.603. The fourth-order valence-corrected chi connectivity index (χ4v) is 2.40. The van der Waals surface area contributed by atoms with Crippen molar-refractivity contribution in [2.24, 2.45) is 0 Å². The van der Waals surface area contributed by atoms with Crippen LogP contribution in [0.3, 0.4) is 0 Å². The van der Waals surface area contributed by atoms with E-state index in [2.05, 4.69) is 11.1 Å². The van der Waals surface area contributed by atoms with E-state index < -0.39 is 0 Å². The first-order chi connectivity index (χ1) is 10.2. The minimum atomic E-state index is 0.303. The summed E-state index contributed by atoms with van der Waals surface area (Å²) < 4.78 is 5.73. The molecule has 1 aromatic carbocycles. The summed E-state index contributed by atoms with van der Waals surface area (Å²) >= 11 is 6.36. The lowest BCUT2D eigenvalue weighted by atomic mass is 10.1. The molecule has 4 heteroatoms. The number of pyridine rings is 1. The van der Waals surface area contributed by atoms with E-state index in [1.54, 1.807) is 24.5 Å². The van der Waals surface area contributed by atoms with E-state index >= 15 is 0 Å². The molecule has 2 heterocycles. The Morgan fingerprint density at radius 3 is 2.67 bits per heavy atom. The van der Waals surface area contributed by atoms with E-state index in [1.807, 2.05) is 31.2 Å². The molecule has 2 aromatic heterocycles. The number of halogens is 1. The molecule has 0 atom stereocenters. The summed E-state index contributed by atoms with van der Waals surface area (Å²) in [6, 6.07) is 13.4. The second kappa shape index (κ2) is 5.43. The van der Waals surface area contributed by atoms with E-state index in [-0.39, 0.29) is 0 Å². The number of fused-ring (bicyclic) bond motifs is 1. The molecule has 3 rings (SSSR count). The normalized spacial score (nSPS) is 12.0. The van der Waals surface area contributed by atoms with Gasteiger partial charge in [-0.3, -0.25) is 4.98 Å². The van der Waals surface area contributed by atoms with Gasteiger partial charge < -0.3 is 4.42 Å². The van der Waals surface area contributed by atoms with Crippen molar-refractivity contribution in [1.82, 2.24) is 4.98 Å². The molecular formula is C17H11ClN2O. The van der Waals surface area contributed by atoms with Crippen molar-refractivity contribution in [2.75, 3.05) is 0 Å². The Kier molecular flexibility index (Phi) is 3.47. The molecule has 0 unspecified atom stereocenters. The lowest BCUT2D eigenvalue weighted by Gasteiger charge is -2.00. The van der Waals surface area contributed by atoms with E-state index in [9.17, 15) is 5.26 Å². The second-order valence-electron chi connectivity index (χ2n) is 4.69. The molecule has 0 amide bonds. The van der Waals surface area contributed by atoms with Gasteiger partial charge in [-0.15, -0.1) is 0 Å². The van der Waals surface area contributed by atoms with Gasteiger partial charge in [-0.25, -0.2) is 0 Å². The zero-order valence-electron chi connectivity index (χ0n) is 11.3. The monoisotopic (exact) mass is 294 g/mol. The molecule has 0 aliphatic heterocycles. The van der Waals surface area contributed by atoms with Crippen molar-refractivity contribution in [1.29, 1.82) is 5.26 Å². The van der Waals surface area contributed by atoms with Gasteiger partial charge >= 0.3 is 0 Å². The van der Waals surface area contributed by atoms with Crippen LogP contribution in [-0.2, 0) is 0 Å². The summed E-state index contributed by atoms with van der Waals surface area (Å²) in [5, 5.41) is 10.6. The highest BCUT2D eigenvalue weighted by Crippen LogP contribution is 2.33. The van der Waals surface area contributed by atoms with Crippen molar-refractivity contribution in [3.8, 4) is 6.07 Å². The van der Waals surface area contributed by atoms with Crippen LogP contribution in [0.1, 0.15) is 16.9 Å². The lowest BCUT2D eigenvalue weighted by Crippen LogP contribution is -1.85. The Morgan fingerprint density at radius 1 is 1.19 bits per heavy atom. The molecule has 0 aliphatic carbocycles. The third kappa shape index (κ3) is 2.54. The van der Waals surface area contributed by atoms with Gasteiger partial charge in [-0.1, -0.05) is 23.2 Å². The highest BCUT2D eigenvalue weighted by molar-refractivity contribution is 6.53. The number of furan rings is 1. The minimum Gasteiger partial charge on any atom is -0.455 e. The maximum atomic E-state index is 9.38. The quantitative estimate of drug-likeness (QED) is 0.640. The molecule has 0 N–H and O–H groups in total. The predicted molar refractivity (Wildman–Crippen MR) is 83.5 cm³/mol. The van der Waals surface area contributed by atoms with Gasteiger partial charge in [0.15, 0.2) is 0 Å². The summed E-state index contributed by atoms with van der Waals surface area (Å²) in [5.41, 5.74) is 2.98. The fraction of sp³-hybridized carbons (Fsp3) is 0.0588. The van der Waals surface area contributed by atoms with Crippen molar-refractivity contribution in [3.63, 3.8) is 0 Å². The molecule has 21 heavy (non-hydrogen) atoms. The van der Waals surface area contributed by atoms with Gasteiger partial charge in [0.25, 0.3) is 0 Å². The molecule has 0 aliphatic rings. The van der Waals surface area contributed by atoms with Crippen molar-refractivity contribution in [2.45, 2.75) is 6.92 Å². The Hall–Kier alpha value is -2.57. The third-order valence-electron chi connectivity index (χ3n) is 3.19. The summed E-state index contributed by atoms with van der Waals surface area (Å²) in [6.07, 6.45) is 3.25. The number of nitrogens with zero attached hydrogens (tertiary/aromatic N) is 2. The zero-order chi connectivity index (χ0) is 14.8. The van der Waals surface area contributed by atoms with Gasteiger partial charge in [0.1, 0.15) is 22.4 Å². The first-order valence-corrected chi connectivity index (χ1v) is 6.77. The van der Waals surface area contributed by atoms with Crippen LogP contribution in [0.15, 0.2) is 53.2 Å². The van der Waals surface area contributed by atoms with E-state index in [1.165, 1.54) is 0 Å². The third-order valence-corrected chi connectivity index (χ3v) is 3.56. The number of hydrogen-bond acceptors (Lipinski definition) is 3. The topological polar surface area (TPSA) is 49.8 Å². The van der Waals surface area contributed by atoms with Gasteiger partial charge in [0.05, 0.1) is 5.57 Å². The fourth-order valence-electron chi connectivity index (χ4n) is 2.15. The smallest absolute Gasteiger partial charge is 0.148 e. The molecule has 0 radical (unpaired) electrons. The Bertz CT molecular complexity index is 873. The Balaban J connectivity index is 2.16. The molecule has 0 saturated carbocycles. The van der Waals surface area contributed by atoms with E-state index in [0.717, 1.165) is 16.5 Å². The number of benzene rings is 1. The number of allylic oxidation sites excluding steroid dienone is 1. The van der Waals surface area contributed by atoms with Crippen LogP contribution in [-0.4, -0.2) is 4.98 Å². The SMILES string of the molecule is Cc1ccc2oc(/C(Cl)=C(/C#N)c3ccncc3)cc2c1. The van der Waals surface area contributed by atoms with Crippen molar-refractivity contribution < 1.29 is 4.42 Å². The molecule has 3 aromatic rings. The molecule has 102 valence electrons. The Morgan fingerprint density at radius 2 is 1.95 bits per heavy atom. The zero-order valence-corrected chi connectivity index (χ0v) is 12.1. The van der Waals surface area contributed by atoms with Crippen LogP contribution in [0.25, 0.3) is 21.6 Å². The number of nitriles is 1. The number of aromatic nitrogens is 1. The van der Waals surface area contributed by atoms with Gasteiger partial charge in [-0.2, -0.15) is 5.26 Å². The predicted octanol–water partition coefficient (Wildman–Crippen LogP) is 4.77. The van der Waals surface area contributed by atoms with Crippen LogP contribution >= 0.6 is 11.6 Å². The molecular weight excluding hydrogens is 284 g/mol. The molecule has 0 saturated heterocycles. The number of rotatable bonds is 2. The van der Waals surface area contributed by atoms with E-state index in [0.29, 0.717) is 21.9 Å². The average molecular weight is 295 g/mol. The highest BCUT2D eigenvalue weighted by atomic mass is 35.5. The summed E-state index contributed by atoms with van der Waals surface area (Å²) in [4.78, 5) is 3.94. The van der Waals surface area contributed by atoms with E-state index in [4.69, 9.17) is 16.0 Å². The largest absolute Gasteiger partial charge is 0.455 e. The summed E-state index contributed by atoms with van der Waals surface area (Å²) in [5.74, 6) is 0.491. The number of hydrogen-bond donors (Lipinski definition) is 0. The van der Waals surface area contributed by atoms with Gasteiger partial charge in [-0.05, 0) is 42.8 Å². The second-order valence-corrected chi connectivity index (χ2v) is 5.07. The maximum Gasteiger partial charge on any atom is 0.148 e. The average Bonchev–Trinajstić information content (AvgIpc) is 2.92. The van der Waals surface area contributed by atoms with Crippen molar-refractivity contribution in [3.05, 3.63) is 65.7 Å². The molecule has 3 nitrogen and oxygen atoms in total. The summed E-state index contributed by atoms with van der Waals surface area (Å²) in [6.45, 7) is 2.02. The van der Waals surface area contributed by atoms with Crippen LogP contribution in [0.2, 0.25) is 0 Å². The Labute approximate surface area is 127 Å². The summed E-state index contributed by atoms with van der Waals surface area (Å²) in [7, 11) is 0. The first kappa shape index (κ1) is 13.4. The van der Waals surface area contributed by atoms with Crippen molar-refractivity contribution >= 4 is 33.2 Å². The molecule has 0 bridgehead atoms. The highest BCUT2D eigenvalue weighted by Gasteiger charge is 2.14. The van der Waals surface area contributed by atoms with Crippen LogP contribution < -0.4 is 0 Å². The van der Waals surface area contributed by atoms with Crippen LogP contribution in [0.5, 0.6) is 0 Å². The van der Waals surface area contributed by atoms with Gasteiger partial charge in [0.2, 0.25) is 0 Å². The number of aryl methyl sites for hydroxylation is 1. The molecule has 0 spiro atoms. The minimum absolute atomic E-state index is 0.303. The van der Waals surface area contributed by atoms with Crippen LogP contribution in [0.4, 0.5) is 0 Å². The standard InChI is InChI=1S/C17H11ClN2O/c1-11-2-3-15-13(8-11)9-16(21-15)17(18)14(10-19)12-4-6-20-7-5-12/h2-9H,1H3/b17-14+. The maximum absolute atomic E-state index is 9.38. The van der Waals surface area contributed by atoms with Gasteiger partial charge in [0, 0.05) is 17.8 Å². The van der Waals surface area contributed by atoms with Crippen LogP contribution in [0, 0.1) is 18.3 Å².